The molecule has 11 heteroatoms. The van der Waals surface area contributed by atoms with E-state index in [0.717, 1.165) is 12.0 Å². The second kappa shape index (κ2) is 13.6. The van der Waals surface area contributed by atoms with Gasteiger partial charge in [0.05, 0.1) is 17.5 Å². The van der Waals surface area contributed by atoms with Gasteiger partial charge in [0.25, 0.3) is 15.9 Å². The number of hydrogen-bond donors (Lipinski definition) is 1. The van der Waals surface area contributed by atoms with Crippen molar-refractivity contribution in [2.24, 2.45) is 0 Å². The summed E-state index contributed by atoms with van der Waals surface area (Å²) in [5, 5.41) is 3.05. The van der Waals surface area contributed by atoms with Gasteiger partial charge in [-0.25, -0.2) is 22.3 Å². The Morgan fingerprint density at radius 1 is 1.05 bits per heavy atom. The van der Waals surface area contributed by atoms with E-state index in [9.17, 15) is 22.8 Å². The number of carbonyl (C=O) groups excluding carboxylic acids is 3. The standard InChI is InChI=1S/C28H37N3O7S/c1-5-6-18-37-27(33)25(19-21-11-13-22(14-12-21)38-28(34)30(3)4)31(26(32)24-8-7-17-29-24)39(35,36)23-15-9-20(2)10-16-23/h9-16,24-25,29H,5-8,17-19H2,1-4H3/t24-,25-/m0/s1. The van der Waals surface area contributed by atoms with Gasteiger partial charge < -0.3 is 19.7 Å². The van der Waals surface area contributed by atoms with Crippen LogP contribution in [0.5, 0.6) is 5.75 Å². The number of sulfonamides is 1. The lowest BCUT2D eigenvalue weighted by molar-refractivity contribution is -0.152. The van der Waals surface area contributed by atoms with Crippen LogP contribution in [-0.2, 0) is 30.8 Å². The molecule has 212 valence electrons. The molecular formula is C28H37N3O7S. The second-order valence-electron chi connectivity index (χ2n) is 9.75. The summed E-state index contributed by atoms with van der Waals surface area (Å²) in [6.07, 6.45) is 1.89. The Bertz CT molecular complexity index is 1240. The molecule has 1 heterocycles. The van der Waals surface area contributed by atoms with E-state index in [-0.39, 0.29) is 23.7 Å². The van der Waals surface area contributed by atoms with Crippen molar-refractivity contribution in [2.45, 2.75) is 62.9 Å². The molecule has 0 aliphatic carbocycles. The molecule has 0 spiro atoms. The van der Waals surface area contributed by atoms with Crippen molar-refractivity contribution < 1.29 is 32.3 Å². The predicted octanol–water partition coefficient (Wildman–Crippen LogP) is 3.28. The van der Waals surface area contributed by atoms with Crippen molar-refractivity contribution in [3.63, 3.8) is 0 Å². The molecule has 39 heavy (non-hydrogen) atoms. The summed E-state index contributed by atoms with van der Waals surface area (Å²) in [6, 6.07) is 10.3. The number of aryl methyl sites for hydroxylation is 1. The number of ether oxygens (including phenoxy) is 2. The van der Waals surface area contributed by atoms with Crippen LogP contribution < -0.4 is 10.1 Å². The van der Waals surface area contributed by atoms with Crippen LogP contribution in [0.1, 0.15) is 43.7 Å². The third-order valence-corrected chi connectivity index (χ3v) is 8.19. The zero-order valence-electron chi connectivity index (χ0n) is 22.9. The van der Waals surface area contributed by atoms with Crippen LogP contribution in [0.15, 0.2) is 53.4 Å². The zero-order chi connectivity index (χ0) is 28.6. The number of nitrogens with one attached hydrogen (secondary N) is 1. The number of nitrogens with zero attached hydrogens (tertiary/aromatic N) is 2. The van der Waals surface area contributed by atoms with E-state index in [1.54, 1.807) is 50.5 Å². The average molecular weight is 560 g/mol. The van der Waals surface area contributed by atoms with Crippen LogP contribution in [0.3, 0.4) is 0 Å². The lowest BCUT2D eigenvalue weighted by Gasteiger charge is -2.31. The van der Waals surface area contributed by atoms with Crippen molar-refractivity contribution in [1.29, 1.82) is 0 Å². The summed E-state index contributed by atoms with van der Waals surface area (Å²) in [4.78, 5) is 40.2. The molecule has 0 saturated carbocycles. The molecular weight excluding hydrogens is 522 g/mol. The lowest BCUT2D eigenvalue weighted by atomic mass is 10.0. The fraction of sp³-hybridized carbons (Fsp3) is 0.464. The molecule has 1 fully saturated rings. The van der Waals surface area contributed by atoms with Crippen LogP contribution in [0.25, 0.3) is 0 Å². The Hall–Kier alpha value is -3.44. The first-order valence-electron chi connectivity index (χ1n) is 13.1. The minimum Gasteiger partial charge on any atom is -0.464 e. The molecule has 1 saturated heterocycles. The van der Waals surface area contributed by atoms with E-state index in [1.165, 1.54) is 17.0 Å². The Balaban J connectivity index is 2.01. The quantitative estimate of drug-likeness (QED) is 0.329. The molecule has 2 aromatic rings. The molecule has 1 N–H and O–H groups in total. The van der Waals surface area contributed by atoms with E-state index >= 15 is 0 Å². The van der Waals surface area contributed by atoms with Gasteiger partial charge in [0.15, 0.2) is 0 Å². The van der Waals surface area contributed by atoms with Gasteiger partial charge in [-0.1, -0.05) is 43.2 Å². The van der Waals surface area contributed by atoms with Crippen molar-refractivity contribution in [1.82, 2.24) is 14.5 Å². The van der Waals surface area contributed by atoms with Crippen molar-refractivity contribution in [2.75, 3.05) is 27.2 Å². The molecule has 1 aliphatic rings. The van der Waals surface area contributed by atoms with Gasteiger partial charge in [-0.05, 0) is 62.6 Å². The van der Waals surface area contributed by atoms with Crippen LogP contribution in [0.4, 0.5) is 4.79 Å². The SMILES string of the molecule is CCCCOC(=O)[C@H](Cc1ccc(OC(=O)N(C)C)cc1)N(C(=O)[C@@H]1CCCN1)S(=O)(=O)c1ccc(C)cc1. The number of hydrogen-bond acceptors (Lipinski definition) is 8. The van der Waals surface area contributed by atoms with E-state index < -0.39 is 40.1 Å². The highest BCUT2D eigenvalue weighted by Crippen LogP contribution is 2.26. The summed E-state index contributed by atoms with van der Waals surface area (Å²) in [6.45, 7) is 4.46. The molecule has 0 radical (unpaired) electrons. The van der Waals surface area contributed by atoms with Gasteiger partial charge in [0.2, 0.25) is 0 Å². The lowest BCUT2D eigenvalue weighted by Crippen LogP contribution is -2.55. The van der Waals surface area contributed by atoms with Crippen molar-refractivity contribution in [3.8, 4) is 5.75 Å². The monoisotopic (exact) mass is 559 g/mol. The van der Waals surface area contributed by atoms with Crippen LogP contribution >= 0.6 is 0 Å². The minimum absolute atomic E-state index is 0.0863. The smallest absolute Gasteiger partial charge is 0.414 e. The number of unbranched alkanes of at least 4 members (excludes halogenated alkanes) is 1. The van der Waals surface area contributed by atoms with Gasteiger partial charge in [-0.15, -0.1) is 0 Å². The summed E-state index contributed by atoms with van der Waals surface area (Å²) in [5.41, 5.74) is 1.42. The molecule has 1 aliphatic heterocycles. The Kier molecular flexibility index (Phi) is 10.5. The highest BCUT2D eigenvalue weighted by molar-refractivity contribution is 7.89. The molecule has 10 nitrogen and oxygen atoms in total. The largest absolute Gasteiger partial charge is 0.464 e. The molecule has 0 aromatic heterocycles. The van der Waals surface area contributed by atoms with Gasteiger partial charge in [-0.3, -0.25) is 4.79 Å². The van der Waals surface area contributed by atoms with E-state index in [2.05, 4.69) is 5.32 Å². The molecule has 2 atom stereocenters. The first-order valence-corrected chi connectivity index (χ1v) is 14.5. The first-order chi connectivity index (χ1) is 18.5. The Labute approximate surface area is 230 Å². The molecule has 0 bridgehead atoms. The molecule has 3 rings (SSSR count). The highest BCUT2D eigenvalue weighted by Gasteiger charge is 2.43. The third kappa shape index (κ3) is 7.79. The van der Waals surface area contributed by atoms with Crippen LogP contribution in [0.2, 0.25) is 0 Å². The molecule has 2 aromatic carbocycles. The third-order valence-electron chi connectivity index (χ3n) is 6.37. The minimum atomic E-state index is -4.41. The van der Waals surface area contributed by atoms with Crippen LogP contribution in [0, 0.1) is 6.92 Å². The van der Waals surface area contributed by atoms with Gasteiger partial charge in [0.1, 0.15) is 11.8 Å². The molecule has 2 amide bonds. The number of carbonyl (C=O) groups is 3. The normalized spacial score (nSPS) is 15.8. The van der Waals surface area contributed by atoms with E-state index in [0.29, 0.717) is 35.7 Å². The maximum Gasteiger partial charge on any atom is 0.414 e. The second-order valence-corrected chi connectivity index (χ2v) is 11.6. The van der Waals surface area contributed by atoms with E-state index in [1.807, 2.05) is 13.8 Å². The summed E-state index contributed by atoms with van der Waals surface area (Å²) in [7, 11) is -1.29. The van der Waals surface area contributed by atoms with Gasteiger partial charge in [-0.2, -0.15) is 0 Å². The van der Waals surface area contributed by atoms with Crippen LogP contribution in [-0.4, -0.2) is 74.9 Å². The summed E-state index contributed by atoms with van der Waals surface area (Å²) < 4.78 is 39.3. The predicted molar refractivity (Wildman–Crippen MR) is 146 cm³/mol. The maximum absolute atomic E-state index is 14.0. The Morgan fingerprint density at radius 2 is 1.72 bits per heavy atom. The van der Waals surface area contributed by atoms with Crippen molar-refractivity contribution in [3.05, 3.63) is 59.7 Å². The summed E-state index contributed by atoms with van der Waals surface area (Å²) >= 11 is 0. The number of amides is 2. The highest BCUT2D eigenvalue weighted by atomic mass is 32.2. The topological polar surface area (TPSA) is 122 Å². The summed E-state index contributed by atoms with van der Waals surface area (Å²) in [5.74, 6) is -1.20. The molecule has 0 unspecified atom stereocenters. The number of benzene rings is 2. The Morgan fingerprint density at radius 3 is 2.28 bits per heavy atom. The fourth-order valence-corrected chi connectivity index (χ4v) is 5.66. The van der Waals surface area contributed by atoms with Gasteiger partial charge in [0, 0.05) is 20.5 Å². The fourth-order valence-electron chi connectivity index (χ4n) is 4.10. The number of esters is 1. The average Bonchev–Trinajstić information content (AvgIpc) is 3.44. The van der Waals surface area contributed by atoms with Gasteiger partial charge >= 0.3 is 12.1 Å². The number of rotatable bonds is 11. The zero-order valence-corrected chi connectivity index (χ0v) is 23.7. The van der Waals surface area contributed by atoms with E-state index in [4.69, 9.17) is 9.47 Å². The maximum atomic E-state index is 14.0. The first kappa shape index (κ1) is 30.1. The van der Waals surface area contributed by atoms with Crippen molar-refractivity contribution >= 4 is 28.0 Å².